The Morgan fingerprint density at radius 3 is 2.46 bits per heavy atom. The summed E-state index contributed by atoms with van der Waals surface area (Å²) in [6, 6.07) is 8.13. The number of nitrogens with zero attached hydrogens (tertiary/aromatic N) is 5. The van der Waals surface area contributed by atoms with E-state index in [-0.39, 0.29) is 28.9 Å². The highest BCUT2D eigenvalue weighted by atomic mass is 35.5. The van der Waals surface area contributed by atoms with Crippen molar-refractivity contribution in [3.8, 4) is 22.8 Å². The Bertz CT molecular complexity index is 1620. The zero-order valence-electron chi connectivity index (χ0n) is 21.1. The first-order valence-corrected chi connectivity index (χ1v) is 11.9. The summed E-state index contributed by atoms with van der Waals surface area (Å²) in [7, 11) is 0. The summed E-state index contributed by atoms with van der Waals surface area (Å²) in [6.07, 6.45) is -3.67. The molecule has 8 nitrogen and oxygen atoms in total. The lowest BCUT2D eigenvalue weighted by atomic mass is 10.1. The predicted octanol–water partition coefficient (Wildman–Crippen LogP) is 5.32. The van der Waals surface area contributed by atoms with Gasteiger partial charge >= 0.3 is 6.18 Å². The molecule has 4 rings (SSSR count). The van der Waals surface area contributed by atoms with E-state index in [1.54, 1.807) is 19.1 Å². The minimum absolute atomic E-state index is 0.0100. The lowest BCUT2D eigenvalue weighted by Gasteiger charge is -2.18. The molecule has 0 bridgehead atoms. The van der Waals surface area contributed by atoms with E-state index in [0.717, 1.165) is 12.3 Å². The minimum Gasteiger partial charge on any atom is -0.470 e. The molecule has 0 aliphatic heterocycles. The second-order valence-corrected chi connectivity index (χ2v) is 9.55. The third-order valence-corrected chi connectivity index (χ3v) is 5.96. The maximum Gasteiger partial charge on any atom is 0.433 e. The van der Waals surface area contributed by atoms with Gasteiger partial charge in [0, 0.05) is 5.56 Å². The zero-order chi connectivity index (χ0) is 28.7. The van der Waals surface area contributed by atoms with Gasteiger partial charge in [0.1, 0.15) is 29.4 Å². The van der Waals surface area contributed by atoms with Crippen LogP contribution in [0.5, 0.6) is 5.88 Å². The summed E-state index contributed by atoms with van der Waals surface area (Å²) < 4.78 is 60.2. The Balaban J connectivity index is 1.71. The van der Waals surface area contributed by atoms with Crippen LogP contribution in [0.1, 0.15) is 42.4 Å². The summed E-state index contributed by atoms with van der Waals surface area (Å²) in [5.41, 5.74) is -2.07. The Hall–Kier alpha value is -3.90. The van der Waals surface area contributed by atoms with Crippen LogP contribution in [0.2, 0.25) is 5.02 Å². The van der Waals surface area contributed by atoms with Crippen LogP contribution in [0, 0.1) is 19.7 Å². The number of aliphatic hydroxyl groups is 1. The first kappa shape index (κ1) is 28.1. The van der Waals surface area contributed by atoms with Crippen molar-refractivity contribution in [1.29, 1.82) is 0 Å². The zero-order valence-corrected chi connectivity index (χ0v) is 21.9. The predicted molar refractivity (Wildman–Crippen MR) is 134 cm³/mol. The summed E-state index contributed by atoms with van der Waals surface area (Å²) in [5.74, 6) is -0.849. The first-order valence-electron chi connectivity index (χ1n) is 11.5. The number of halogens is 5. The molecular formula is C26H22ClF4N5O3. The molecule has 0 fully saturated rings. The fourth-order valence-corrected chi connectivity index (χ4v) is 3.87. The van der Waals surface area contributed by atoms with Crippen LogP contribution in [0.4, 0.5) is 17.6 Å². The fraction of sp³-hybridized carbons (Fsp3) is 0.269. The van der Waals surface area contributed by atoms with Crippen molar-refractivity contribution in [3.63, 3.8) is 0 Å². The molecule has 0 aliphatic rings. The van der Waals surface area contributed by atoms with Crippen LogP contribution >= 0.6 is 11.6 Å². The molecule has 0 radical (unpaired) electrons. The largest absolute Gasteiger partial charge is 0.470 e. The molecule has 4 aromatic rings. The third kappa shape index (κ3) is 5.91. The number of alkyl halides is 3. The summed E-state index contributed by atoms with van der Waals surface area (Å²) in [4.78, 5) is 29.0. The molecule has 0 amide bonds. The molecule has 0 aliphatic carbocycles. The molecule has 0 unspecified atom stereocenters. The molecule has 3 aromatic heterocycles. The summed E-state index contributed by atoms with van der Waals surface area (Å²) in [6.45, 7) is 5.75. The second kappa shape index (κ2) is 10.3. The van der Waals surface area contributed by atoms with Crippen LogP contribution in [0.15, 0.2) is 47.4 Å². The molecule has 204 valence electrons. The maximum atomic E-state index is 14.7. The van der Waals surface area contributed by atoms with E-state index >= 15 is 0 Å². The molecule has 0 saturated heterocycles. The Kier molecular flexibility index (Phi) is 7.46. The van der Waals surface area contributed by atoms with Crippen LogP contribution in [0.25, 0.3) is 16.9 Å². The lowest BCUT2D eigenvalue weighted by Crippen LogP contribution is -2.24. The summed E-state index contributed by atoms with van der Waals surface area (Å²) in [5, 5.41) is 9.83. The Labute approximate surface area is 225 Å². The molecule has 1 N–H and O–H groups in total. The monoisotopic (exact) mass is 563 g/mol. The molecule has 0 atom stereocenters. The molecule has 1 aromatic carbocycles. The van der Waals surface area contributed by atoms with E-state index in [1.807, 2.05) is 0 Å². The number of aromatic nitrogens is 5. The molecule has 13 heteroatoms. The van der Waals surface area contributed by atoms with Crippen LogP contribution < -0.4 is 10.3 Å². The normalized spacial score (nSPS) is 12.1. The highest BCUT2D eigenvalue weighted by Crippen LogP contribution is 2.29. The SMILES string of the molecule is Cc1ccc(-c2nc(C(C)(C)O)ncc2F)cc1-n1c(C)nc(OCc2cccc(C(F)(F)F)n2)c(Cl)c1=O. The molecule has 3 heterocycles. The average Bonchev–Trinajstić information content (AvgIpc) is 2.86. The van der Waals surface area contributed by atoms with Gasteiger partial charge in [0.05, 0.1) is 17.6 Å². The van der Waals surface area contributed by atoms with Gasteiger partial charge in [-0.15, -0.1) is 0 Å². The van der Waals surface area contributed by atoms with Crippen molar-refractivity contribution in [2.45, 2.75) is 46.1 Å². The van der Waals surface area contributed by atoms with Gasteiger partial charge in [0.2, 0.25) is 5.88 Å². The third-order valence-electron chi connectivity index (χ3n) is 5.63. The number of hydrogen-bond donors (Lipinski definition) is 1. The standard InChI is InChI=1S/C26H22ClF4N5O3/c1-13-8-9-15(21-17(28)11-32-24(35-21)25(3,4)38)10-18(13)36-14(2)33-22(20(27)23(36)37)39-12-16-6-5-7-19(34-16)26(29,30)31/h5-11,38H,12H2,1-4H3. The number of ether oxygens (including phenoxy) is 1. The van der Waals surface area contributed by atoms with Crippen molar-refractivity contribution in [2.24, 2.45) is 0 Å². The van der Waals surface area contributed by atoms with E-state index in [2.05, 4.69) is 19.9 Å². The van der Waals surface area contributed by atoms with Crippen molar-refractivity contribution in [3.05, 3.63) is 92.4 Å². The van der Waals surface area contributed by atoms with Gasteiger partial charge in [0.15, 0.2) is 16.7 Å². The smallest absolute Gasteiger partial charge is 0.433 e. The Morgan fingerprint density at radius 2 is 1.79 bits per heavy atom. The van der Waals surface area contributed by atoms with Crippen molar-refractivity contribution in [1.82, 2.24) is 24.5 Å². The number of rotatable bonds is 6. The van der Waals surface area contributed by atoms with E-state index in [1.165, 1.54) is 43.5 Å². The molecule has 39 heavy (non-hydrogen) atoms. The van der Waals surface area contributed by atoms with Crippen LogP contribution in [-0.2, 0) is 18.4 Å². The van der Waals surface area contributed by atoms with Crippen molar-refractivity contribution >= 4 is 11.6 Å². The fourth-order valence-electron chi connectivity index (χ4n) is 3.68. The highest BCUT2D eigenvalue weighted by Gasteiger charge is 2.32. The van der Waals surface area contributed by atoms with Crippen LogP contribution in [0.3, 0.4) is 0 Å². The van der Waals surface area contributed by atoms with E-state index in [0.29, 0.717) is 16.8 Å². The van der Waals surface area contributed by atoms with Gasteiger partial charge < -0.3 is 9.84 Å². The van der Waals surface area contributed by atoms with E-state index in [9.17, 15) is 27.5 Å². The Morgan fingerprint density at radius 1 is 1.08 bits per heavy atom. The summed E-state index contributed by atoms with van der Waals surface area (Å²) >= 11 is 6.27. The maximum absolute atomic E-state index is 14.7. The molecular weight excluding hydrogens is 542 g/mol. The quantitative estimate of drug-likeness (QED) is 0.317. The number of hydrogen-bond acceptors (Lipinski definition) is 7. The number of pyridine rings is 1. The van der Waals surface area contributed by atoms with Gasteiger partial charge in [-0.25, -0.2) is 19.3 Å². The van der Waals surface area contributed by atoms with E-state index < -0.39 is 40.5 Å². The second-order valence-electron chi connectivity index (χ2n) is 9.17. The molecule has 0 spiro atoms. The minimum atomic E-state index is -4.63. The van der Waals surface area contributed by atoms with Gasteiger partial charge in [-0.1, -0.05) is 29.8 Å². The van der Waals surface area contributed by atoms with Gasteiger partial charge in [-0.05, 0) is 51.5 Å². The average molecular weight is 564 g/mol. The first-order chi connectivity index (χ1) is 18.2. The van der Waals surface area contributed by atoms with Crippen molar-refractivity contribution < 1.29 is 27.4 Å². The van der Waals surface area contributed by atoms with E-state index in [4.69, 9.17) is 16.3 Å². The van der Waals surface area contributed by atoms with Gasteiger partial charge in [0.25, 0.3) is 5.56 Å². The number of benzene rings is 1. The number of aryl methyl sites for hydroxylation is 2. The van der Waals surface area contributed by atoms with Crippen molar-refractivity contribution in [2.75, 3.05) is 0 Å². The van der Waals surface area contributed by atoms with Gasteiger partial charge in [-0.2, -0.15) is 18.2 Å². The lowest BCUT2D eigenvalue weighted by molar-refractivity contribution is -0.141. The highest BCUT2D eigenvalue weighted by molar-refractivity contribution is 6.31. The van der Waals surface area contributed by atoms with Gasteiger partial charge in [-0.3, -0.25) is 9.36 Å². The molecule has 0 saturated carbocycles. The topological polar surface area (TPSA) is 103 Å². The van der Waals surface area contributed by atoms with Crippen LogP contribution in [-0.4, -0.2) is 29.6 Å².